The summed E-state index contributed by atoms with van der Waals surface area (Å²) < 4.78 is 36.1. The number of amides is 1. The largest absolute Gasteiger partial charge is 0.408 e. The average molecular weight is 768 g/mol. The Morgan fingerprint density at radius 3 is 2.37 bits per heavy atom. The van der Waals surface area contributed by atoms with Gasteiger partial charge in [0, 0.05) is 17.2 Å². The maximum atomic E-state index is 12.0. The first-order chi connectivity index (χ1) is 22.8. The molecule has 4 heterocycles. The molecule has 2 aromatic heterocycles. The van der Waals surface area contributed by atoms with Crippen molar-refractivity contribution in [3.63, 3.8) is 0 Å². The number of ether oxygens (including phenoxy) is 1. The fraction of sp³-hybridized carbons (Fsp3) is 0.636. The number of halogens is 1. The van der Waals surface area contributed by atoms with Gasteiger partial charge in [0.2, 0.25) is 13.5 Å². The van der Waals surface area contributed by atoms with Gasteiger partial charge >= 0.3 is 0 Å². The molecule has 0 saturated carbocycles. The van der Waals surface area contributed by atoms with Crippen LogP contribution in [0.3, 0.4) is 0 Å². The van der Waals surface area contributed by atoms with Gasteiger partial charge in [-0.2, -0.15) is 0 Å². The third kappa shape index (κ3) is 8.78. The van der Waals surface area contributed by atoms with Crippen LogP contribution in [0.5, 0.6) is 0 Å². The highest BCUT2D eigenvalue weighted by atomic mass is 35.5. The molecule has 6 atom stereocenters. The van der Waals surface area contributed by atoms with Gasteiger partial charge < -0.3 is 28.0 Å². The number of carbonyl (C=O) groups excluding carboxylic acids is 1. The van der Waals surface area contributed by atoms with Crippen LogP contribution in [0.25, 0.3) is 11.2 Å². The Morgan fingerprint density at radius 2 is 1.73 bits per heavy atom. The number of fused-ring (bicyclic) bond motifs is 1. The molecule has 1 N–H and O–H groups in total. The molecular weight excluding hydrogens is 717 g/mol. The number of carbonyl (C=O) groups is 1. The van der Waals surface area contributed by atoms with E-state index in [0.29, 0.717) is 23.6 Å². The Kier molecular flexibility index (Phi) is 11.8. The van der Waals surface area contributed by atoms with Crippen molar-refractivity contribution in [2.45, 2.75) is 121 Å². The minimum atomic E-state index is -2.37. The van der Waals surface area contributed by atoms with E-state index in [9.17, 15) is 4.79 Å². The lowest BCUT2D eigenvalue weighted by atomic mass is 10.1. The summed E-state index contributed by atoms with van der Waals surface area (Å²) in [7, 11) is -5.97. The topological polar surface area (TPSA) is 119 Å². The van der Waals surface area contributed by atoms with Crippen molar-refractivity contribution in [2.24, 2.45) is 0 Å². The zero-order valence-electron chi connectivity index (χ0n) is 30.4. The van der Waals surface area contributed by atoms with E-state index in [4.69, 9.17) is 34.2 Å². The molecule has 6 unspecified atom stereocenters. The Hall–Kier alpha value is -1.46. The third-order valence-electron chi connectivity index (χ3n) is 10.0. The quantitative estimate of drug-likeness (QED) is 0.158. The van der Waals surface area contributed by atoms with Gasteiger partial charge in [0.05, 0.1) is 19.5 Å². The minimum Gasteiger partial charge on any atom is -0.408 e. The second-order valence-corrected chi connectivity index (χ2v) is 29.0. The van der Waals surface area contributed by atoms with E-state index < -0.39 is 48.8 Å². The normalized spacial score (nSPS) is 25.6. The highest BCUT2D eigenvalue weighted by molar-refractivity contribution is 8.53. The van der Waals surface area contributed by atoms with Gasteiger partial charge in [-0.3, -0.25) is 9.36 Å². The highest BCUT2D eigenvalue weighted by Gasteiger charge is 2.55. The first-order valence-electron chi connectivity index (χ1n) is 16.7. The molecule has 1 aromatic carbocycles. The second kappa shape index (κ2) is 14.9. The van der Waals surface area contributed by atoms with E-state index in [-0.39, 0.29) is 27.8 Å². The Morgan fingerprint density at radius 1 is 1.06 bits per heavy atom. The molecule has 270 valence electrons. The fourth-order valence-electron chi connectivity index (χ4n) is 5.22. The molecule has 0 bridgehead atoms. The van der Waals surface area contributed by atoms with Crippen LogP contribution in [0.2, 0.25) is 41.3 Å². The SMILES string of the molecule is CC(=O)Nc1ncnc2c1ncn2C1OC(COP2OCCC(c3cccc(Cl)c3)S2)C(O[Si](C)(C)C(C)(C)C)C1O[Si](C)(C)C(C)(C)C. The van der Waals surface area contributed by atoms with Gasteiger partial charge in [-0.25, -0.2) is 15.0 Å². The molecule has 2 fully saturated rings. The highest BCUT2D eigenvalue weighted by Crippen LogP contribution is 2.63. The van der Waals surface area contributed by atoms with Gasteiger partial charge in [0.15, 0.2) is 39.8 Å². The molecular formula is C33H51ClN5O6PSSi2. The summed E-state index contributed by atoms with van der Waals surface area (Å²) in [5.41, 5.74) is 2.17. The van der Waals surface area contributed by atoms with Crippen molar-refractivity contribution in [2.75, 3.05) is 18.5 Å². The van der Waals surface area contributed by atoms with Gasteiger partial charge in [-0.1, -0.05) is 76.7 Å². The zero-order chi connectivity index (χ0) is 35.9. The summed E-state index contributed by atoms with van der Waals surface area (Å²) in [6, 6.07) is 8.00. The van der Waals surface area contributed by atoms with Crippen LogP contribution in [-0.2, 0) is 27.4 Å². The Balaban J connectivity index is 1.51. The average Bonchev–Trinajstić information content (AvgIpc) is 3.56. The summed E-state index contributed by atoms with van der Waals surface area (Å²) >= 11 is 8.02. The Bertz CT molecular complexity index is 1640. The monoisotopic (exact) mass is 767 g/mol. The standard InChI is InChI=1S/C33H51ClN5O6PSSi2/c1-21(40)38-29-26-30(36-19-35-29)39(20-37-26)31-28(45-49(10,11)33(5,6)7)27(44-48(8,9)32(2,3)4)24(43-31)18-42-46-41-16-15-25(47-46)22-13-12-14-23(34)17-22/h12-14,17,19-20,24-25,27-28,31H,15-16,18H2,1-11H3,(H,35,36,38,40). The van der Waals surface area contributed by atoms with Crippen LogP contribution in [0.1, 0.15) is 71.9 Å². The predicted molar refractivity (Wildman–Crippen MR) is 203 cm³/mol. The summed E-state index contributed by atoms with van der Waals surface area (Å²) in [5, 5.41) is 3.58. The lowest BCUT2D eigenvalue weighted by Crippen LogP contribution is -2.54. The van der Waals surface area contributed by atoms with Crippen molar-refractivity contribution in [1.82, 2.24) is 19.5 Å². The number of rotatable bonds is 10. The molecule has 16 heteroatoms. The molecule has 1 amide bonds. The molecule has 2 saturated heterocycles. The van der Waals surface area contributed by atoms with Crippen molar-refractivity contribution < 1.29 is 27.4 Å². The molecule has 5 rings (SSSR count). The third-order valence-corrected chi connectivity index (χ3v) is 22.8. The number of nitrogens with one attached hydrogen (secondary N) is 1. The molecule has 3 aromatic rings. The van der Waals surface area contributed by atoms with Crippen LogP contribution in [0.15, 0.2) is 36.9 Å². The summed E-state index contributed by atoms with van der Waals surface area (Å²) in [6.45, 7) is 24.7. The Labute approximate surface area is 302 Å². The van der Waals surface area contributed by atoms with Crippen molar-refractivity contribution >= 4 is 70.1 Å². The summed E-state index contributed by atoms with van der Waals surface area (Å²) in [6.07, 6.45) is 1.95. The number of hydrogen-bond donors (Lipinski definition) is 1. The van der Waals surface area contributed by atoms with E-state index in [2.05, 4.69) is 94.1 Å². The molecule has 0 radical (unpaired) electrons. The van der Waals surface area contributed by atoms with Crippen molar-refractivity contribution in [3.8, 4) is 0 Å². The lowest BCUT2D eigenvalue weighted by molar-refractivity contribution is -0.114. The van der Waals surface area contributed by atoms with E-state index >= 15 is 0 Å². The van der Waals surface area contributed by atoms with Crippen molar-refractivity contribution in [1.29, 1.82) is 0 Å². The maximum absolute atomic E-state index is 12.0. The van der Waals surface area contributed by atoms with Gasteiger partial charge in [0.25, 0.3) is 0 Å². The minimum absolute atomic E-state index is 0.0587. The smallest absolute Gasteiger partial charge is 0.238 e. The summed E-state index contributed by atoms with van der Waals surface area (Å²) in [5.74, 6) is 0.0989. The van der Waals surface area contributed by atoms with Crippen LogP contribution < -0.4 is 5.32 Å². The molecule has 0 aliphatic carbocycles. The zero-order valence-corrected chi connectivity index (χ0v) is 34.9. The molecule has 11 nitrogen and oxygen atoms in total. The van der Waals surface area contributed by atoms with Gasteiger partial charge in [0.1, 0.15) is 24.6 Å². The summed E-state index contributed by atoms with van der Waals surface area (Å²) in [4.78, 5) is 25.4. The van der Waals surface area contributed by atoms with E-state index in [0.717, 1.165) is 11.4 Å². The van der Waals surface area contributed by atoms with Crippen LogP contribution in [0.4, 0.5) is 5.82 Å². The van der Waals surface area contributed by atoms with Gasteiger partial charge in [-0.15, -0.1) is 0 Å². The number of benzene rings is 1. The first-order valence-corrected chi connectivity index (χ1v) is 25.6. The lowest BCUT2D eigenvalue weighted by Gasteiger charge is -2.44. The van der Waals surface area contributed by atoms with Crippen LogP contribution in [-0.4, -0.2) is 73.6 Å². The molecule has 2 aliphatic heterocycles. The number of aromatic nitrogens is 4. The number of imidazole rings is 1. The molecule has 49 heavy (non-hydrogen) atoms. The molecule has 2 aliphatic rings. The first kappa shape index (κ1) is 38.8. The van der Waals surface area contributed by atoms with Crippen LogP contribution in [0, 0.1) is 0 Å². The molecule has 0 spiro atoms. The van der Waals surface area contributed by atoms with Crippen molar-refractivity contribution in [3.05, 3.63) is 47.5 Å². The van der Waals surface area contributed by atoms with Gasteiger partial charge in [-0.05, 0) is 60.4 Å². The van der Waals surface area contributed by atoms with E-state index in [1.165, 1.54) is 18.8 Å². The number of hydrogen-bond acceptors (Lipinski definition) is 10. The fourth-order valence-corrected chi connectivity index (χ4v) is 11.5. The van der Waals surface area contributed by atoms with Crippen LogP contribution >= 0.6 is 30.6 Å². The number of nitrogens with zero attached hydrogens (tertiary/aromatic N) is 4. The predicted octanol–water partition coefficient (Wildman–Crippen LogP) is 9.25. The second-order valence-electron chi connectivity index (χ2n) is 15.8. The number of anilines is 1. The van der Waals surface area contributed by atoms with E-state index in [1.54, 1.807) is 17.7 Å². The maximum Gasteiger partial charge on any atom is 0.238 e. The van der Waals surface area contributed by atoms with E-state index in [1.807, 2.05) is 22.8 Å².